The van der Waals surface area contributed by atoms with E-state index in [1.807, 2.05) is 19.1 Å². The fraction of sp³-hybridized carbons (Fsp3) is 0.333. The molecule has 4 nitrogen and oxygen atoms in total. The molecule has 0 aliphatic rings. The van der Waals surface area contributed by atoms with Crippen molar-refractivity contribution in [1.29, 1.82) is 0 Å². The Morgan fingerprint density at radius 2 is 2.35 bits per heavy atom. The van der Waals surface area contributed by atoms with Gasteiger partial charge >= 0.3 is 5.97 Å². The van der Waals surface area contributed by atoms with E-state index in [1.54, 1.807) is 24.3 Å². The molecule has 2 rings (SSSR count). The van der Waals surface area contributed by atoms with Gasteiger partial charge in [0.05, 0.1) is 15.2 Å². The van der Waals surface area contributed by atoms with Gasteiger partial charge in [-0.25, -0.2) is 9.78 Å². The molecule has 0 radical (unpaired) electrons. The summed E-state index contributed by atoms with van der Waals surface area (Å²) in [6.07, 6.45) is -0.351. The normalized spacial score (nSPS) is 12.6. The topological polar surface area (TPSA) is 59.4 Å². The van der Waals surface area contributed by atoms with Gasteiger partial charge in [-0.3, -0.25) is 0 Å². The van der Waals surface area contributed by atoms with E-state index >= 15 is 0 Å². The SMILES string of the molecule is CCC(Oc1ccc2nc(C)sc2c1)C(=O)O. The molecule has 0 amide bonds. The Kier molecular flexibility index (Phi) is 3.28. The molecule has 1 unspecified atom stereocenters. The Hall–Kier alpha value is -1.62. The van der Waals surface area contributed by atoms with Crippen molar-refractivity contribution < 1.29 is 14.6 Å². The average molecular weight is 251 g/mol. The molecule has 0 fully saturated rings. The van der Waals surface area contributed by atoms with Crippen LogP contribution in [0.1, 0.15) is 18.4 Å². The molecule has 90 valence electrons. The van der Waals surface area contributed by atoms with Crippen LogP contribution in [0.25, 0.3) is 10.2 Å². The fourth-order valence-corrected chi connectivity index (χ4v) is 2.42. The summed E-state index contributed by atoms with van der Waals surface area (Å²) >= 11 is 1.57. The van der Waals surface area contributed by atoms with Crippen LogP contribution in [0.2, 0.25) is 0 Å². The number of nitrogens with zero attached hydrogens (tertiary/aromatic N) is 1. The number of carboxylic acids is 1. The summed E-state index contributed by atoms with van der Waals surface area (Å²) in [6.45, 7) is 3.73. The highest BCUT2D eigenvalue weighted by molar-refractivity contribution is 7.18. The summed E-state index contributed by atoms with van der Waals surface area (Å²) in [5.41, 5.74) is 0.920. The van der Waals surface area contributed by atoms with Crippen molar-refractivity contribution in [2.45, 2.75) is 26.4 Å². The largest absolute Gasteiger partial charge is 0.479 e. The summed E-state index contributed by atoms with van der Waals surface area (Å²) in [5, 5.41) is 9.91. The highest BCUT2D eigenvalue weighted by atomic mass is 32.1. The number of fused-ring (bicyclic) bond motifs is 1. The second-order valence-electron chi connectivity index (χ2n) is 3.72. The van der Waals surface area contributed by atoms with Crippen molar-refractivity contribution in [3.63, 3.8) is 0 Å². The van der Waals surface area contributed by atoms with Crippen LogP contribution in [0.15, 0.2) is 18.2 Å². The smallest absolute Gasteiger partial charge is 0.344 e. The van der Waals surface area contributed by atoms with Crippen LogP contribution >= 0.6 is 11.3 Å². The summed E-state index contributed by atoms with van der Waals surface area (Å²) in [5.74, 6) is -0.358. The van der Waals surface area contributed by atoms with E-state index in [4.69, 9.17) is 9.84 Å². The summed E-state index contributed by atoms with van der Waals surface area (Å²) in [4.78, 5) is 15.2. The maximum Gasteiger partial charge on any atom is 0.344 e. The Bertz CT molecular complexity index is 550. The lowest BCUT2D eigenvalue weighted by atomic mass is 10.2. The van der Waals surface area contributed by atoms with Crippen LogP contribution in [0.4, 0.5) is 0 Å². The lowest BCUT2D eigenvalue weighted by molar-refractivity contribution is -0.145. The molecule has 0 saturated carbocycles. The molecule has 5 heteroatoms. The van der Waals surface area contributed by atoms with Crippen molar-refractivity contribution in [1.82, 2.24) is 4.98 Å². The van der Waals surface area contributed by atoms with Crippen molar-refractivity contribution in [2.24, 2.45) is 0 Å². The number of hydrogen-bond acceptors (Lipinski definition) is 4. The number of benzene rings is 1. The molecule has 1 aromatic carbocycles. The molecule has 1 N–H and O–H groups in total. The van der Waals surface area contributed by atoms with E-state index in [0.29, 0.717) is 12.2 Å². The van der Waals surface area contributed by atoms with Crippen molar-refractivity contribution in [2.75, 3.05) is 0 Å². The van der Waals surface area contributed by atoms with Crippen LogP contribution in [-0.4, -0.2) is 22.2 Å². The number of aromatic nitrogens is 1. The minimum Gasteiger partial charge on any atom is -0.479 e. The zero-order valence-corrected chi connectivity index (χ0v) is 10.5. The fourth-order valence-electron chi connectivity index (χ4n) is 1.57. The van der Waals surface area contributed by atoms with Crippen LogP contribution < -0.4 is 4.74 Å². The molecule has 0 aliphatic carbocycles. The zero-order chi connectivity index (χ0) is 12.4. The molecule has 0 bridgehead atoms. The average Bonchev–Trinajstić information content (AvgIpc) is 2.64. The molecule has 1 heterocycles. The Morgan fingerprint density at radius 1 is 1.59 bits per heavy atom. The predicted octanol–water partition coefficient (Wildman–Crippen LogP) is 2.85. The van der Waals surface area contributed by atoms with Crippen LogP contribution in [0.3, 0.4) is 0 Å². The number of hydrogen-bond donors (Lipinski definition) is 1. The van der Waals surface area contributed by atoms with Gasteiger partial charge in [0.2, 0.25) is 0 Å². The molecular weight excluding hydrogens is 238 g/mol. The standard InChI is InChI=1S/C12H13NO3S/c1-3-10(12(14)15)16-8-4-5-9-11(6-8)17-7(2)13-9/h4-6,10H,3H2,1-2H3,(H,14,15). The zero-order valence-electron chi connectivity index (χ0n) is 9.64. The number of aliphatic carboxylic acids is 1. The van der Waals surface area contributed by atoms with Gasteiger partial charge in [-0.1, -0.05) is 6.92 Å². The molecule has 0 saturated heterocycles. The van der Waals surface area contributed by atoms with Gasteiger partial charge in [-0.2, -0.15) is 0 Å². The molecule has 0 spiro atoms. The summed E-state index contributed by atoms with van der Waals surface area (Å²) in [7, 11) is 0. The van der Waals surface area contributed by atoms with E-state index in [2.05, 4.69) is 4.98 Å². The molecule has 2 aromatic rings. The molecule has 0 aliphatic heterocycles. The van der Waals surface area contributed by atoms with Gasteiger partial charge in [0.25, 0.3) is 0 Å². The van der Waals surface area contributed by atoms with Crippen molar-refractivity contribution in [3.8, 4) is 5.75 Å². The summed E-state index contributed by atoms with van der Waals surface area (Å²) in [6, 6.07) is 5.45. The van der Waals surface area contributed by atoms with Crippen LogP contribution in [0, 0.1) is 6.92 Å². The Morgan fingerprint density at radius 3 is 3.00 bits per heavy atom. The van der Waals surface area contributed by atoms with E-state index in [9.17, 15) is 4.79 Å². The first-order chi connectivity index (χ1) is 8.10. The van der Waals surface area contributed by atoms with Crippen LogP contribution in [0.5, 0.6) is 5.75 Å². The van der Waals surface area contributed by atoms with Crippen LogP contribution in [-0.2, 0) is 4.79 Å². The third kappa shape index (κ3) is 2.55. The molecule has 1 atom stereocenters. The number of carbonyl (C=O) groups is 1. The Balaban J connectivity index is 2.26. The number of carboxylic acid groups (broad SMARTS) is 1. The summed E-state index contributed by atoms with van der Waals surface area (Å²) < 4.78 is 6.44. The van der Waals surface area contributed by atoms with Gasteiger partial charge in [-0.05, 0) is 31.5 Å². The number of aryl methyl sites for hydroxylation is 1. The predicted molar refractivity (Wildman–Crippen MR) is 66.7 cm³/mol. The minimum absolute atomic E-state index is 0.440. The van der Waals surface area contributed by atoms with Crippen molar-refractivity contribution >= 4 is 27.5 Å². The highest BCUT2D eigenvalue weighted by Crippen LogP contribution is 2.26. The highest BCUT2D eigenvalue weighted by Gasteiger charge is 2.16. The molecule has 1 aromatic heterocycles. The second kappa shape index (κ2) is 4.71. The van der Waals surface area contributed by atoms with E-state index in [0.717, 1.165) is 15.2 Å². The van der Waals surface area contributed by atoms with Crippen molar-refractivity contribution in [3.05, 3.63) is 23.2 Å². The van der Waals surface area contributed by atoms with Gasteiger partial charge in [0, 0.05) is 0 Å². The van der Waals surface area contributed by atoms with Gasteiger partial charge < -0.3 is 9.84 Å². The first-order valence-corrected chi connectivity index (χ1v) is 6.18. The lowest BCUT2D eigenvalue weighted by Crippen LogP contribution is -2.25. The van der Waals surface area contributed by atoms with E-state index in [-0.39, 0.29) is 0 Å². The first-order valence-electron chi connectivity index (χ1n) is 5.37. The monoisotopic (exact) mass is 251 g/mol. The van der Waals surface area contributed by atoms with Gasteiger partial charge in [0.15, 0.2) is 6.10 Å². The minimum atomic E-state index is -0.937. The third-order valence-corrected chi connectivity index (χ3v) is 3.33. The Labute approximate surface area is 103 Å². The van der Waals surface area contributed by atoms with Gasteiger partial charge in [-0.15, -0.1) is 11.3 Å². The number of rotatable bonds is 4. The van der Waals surface area contributed by atoms with E-state index in [1.165, 1.54) is 0 Å². The maximum atomic E-state index is 10.9. The molecular formula is C12H13NO3S. The number of ether oxygens (including phenoxy) is 1. The number of thiazole rings is 1. The maximum absolute atomic E-state index is 10.9. The van der Waals surface area contributed by atoms with E-state index < -0.39 is 12.1 Å². The lowest BCUT2D eigenvalue weighted by Gasteiger charge is -2.12. The quantitative estimate of drug-likeness (QED) is 0.907. The van der Waals surface area contributed by atoms with Gasteiger partial charge in [0.1, 0.15) is 5.75 Å². The first kappa shape index (κ1) is 11.9. The second-order valence-corrected chi connectivity index (χ2v) is 4.95. The third-order valence-electron chi connectivity index (χ3n) is 2.39. The molecule has 17 heavy (non-hydrogen) atoms.